The average molecular weight is 402 g/mol. The number of nitrogens with one attached hydrogen (secondary N) is 2. The van der Waals surface area contributed by atoms with Crippen molar-refractivity contribution in [3.8, 4) is 0 Å². The summed E-state index contributed by atoms with van der Waals surface area (Å²) in [6.07, 6.45) is 2.59. The van der Waals surface area contributed by atoms with Gasteiger partial charge in [-0.25, -0.2) is 4.79 Å². The minimum absolute atomic E-state index is 0.00299. The third-order valence-electron chi connectivity index (χ3n) is 5.06. The molecule has 0 spiro atoms. The van der Waals surface area contributed by atoms with Gasteiger partial charge in [-0.2, -0.15) is 0 Å². The Hall–Kier alpha value is -2.48. The number of urea groups is 1. The number of benzene rings is 1. The number of likely N-dealkylation sites (tertiary alicyclic amines) is 1. The second kappa shape index (κ2) is 9.14. The zero-order valence-electron chi connectivity index (χ0n) is 16.6. The van der Waals surface area contributed by atoms with E-state index in [2.05, 4.69) is 27.8 Å². The van der Waals surface area contributed by atoms with E-state index < -0.39 is 0 Å². The summed E-state index contributed by atoms with van der Waals surface area (Å²) in [6, 6.07) is 7.83. The molecule has 3 amide bonds. The maximum Gasteiger partial charge on any atom is 0.317 e. The molecule has 1 unspecified atom stereocenters. The molecule has 1 atom stereocenters. The molecule has 8 heteroatoms. The first kappa shape index (κ1) is 20.3. The summed E-state index contributed by atoms with van der Waals surface area (Å²) < 4.78 is 0. The summed E-state index contributed by atoms with van der Waals surface area (Å²) in [7, 11) is 0. The van der Waals surface area contributed by atoms with E-state index in [4.69, 9.17) is 0 Å². The predicted octanol–water partition coefficient (Wildman–Crippen LogP) is 3.79. The second-order valence-electron chi connectivity index (χ2n) is 7.29. The van der Waals surface area contributed by atoms with Crippen LogP contribution in [0.5, 0.6) is 0 Å². The molecule has 2 heterocycles. The maximum atomic E-state index is 12.4. The van der Waals surface area contributed by atoms with E-state index in [1.54, 1.807) is 0 Å². The molecule has 28 heavy (non-hydrogen) atoms. The van der Waals surface area contributed by atoms with Crippen LogP contribution in [-0.2, 0) is 0 Å². The van der Waals surface area contributed by atoms with Gasteiger partial charge in [0.25, 0.3) is 5.91 Å². The first-order valence-electron chi connectivity index (χ1n) is 9.73. The Morgan fingerprint density at radius 1 is 1.21 bits per heavy atom. The lowest BCUT2D eigenvalue weighted by molar-refractivity contribution is 0.102. The highest BCUT2D eigenvalue weighted by Crippen LogP contribution is 2.30. The SMILES string of the molecule is CCC(C)NC(=O)N1CCC(c2nnc(C(=O)Nc3ccc(C)cc3)s2)CC1. The number of hydrogen-bond donors (Lipinski definition) is 2. The van der Waals surface area contributed by atoms with E-state index in [0.717, 1.165) is 35.5 Å². The number of nitrogens with zero attached hydrogens (tertiary/aromatic N) is 3. The van der Waals surface area contributed by atoms with Gasteiger partial charge in [0.15, 0.2) is 0 Å². The largest absolute Gasteiger partial charge is 0.336 e. The summed E-state index contributed by atoms with van der Waals surface area (Å²) in [6.45, 7) is 7.45. The van der Waals surface area contributed by atoms with E-state index in [1.807, 2.05) is 43.0 Å². The molecule has 2 N–H and O–H groups in total. The monoisotopic (exact) mass is 401 g/mol. The first-order valence-corrected chi connectivity index (χ1v) is 10.5. The van der Waals surface area contributed by atoms with Crippen molar-refractivity contribution in [1.29, 1.82) is 0 Å². The standard InChI is InChI=1S/C20H27N5O2S/c1-4-14(3)21-20(27)25-11-9-15(10-12-25)18-23-24-19(28-18)17(26)22-16-7-5-13(2)6-8-16/h5-8,14-15H,4,9-12H2,1-3H3,(H,21,27)(H,22,26). The molecule has 0 bridgehead atoms. The van der Waals surface area contributed by atoms with Crippen LogP contribution in [0.4, 0.5) is 10.5 Å². The van der Waals surface area contributed by atoms with Gasteiger partial charge in [-0.3, -0.25) is 4.79 Å². The van der Waals surface area contributed by atoms with Crippen molar-refractivity contribution in [2.45, 2.75) is 52.0 Å². The number of carbonyl (C=O) groups is 2. The Balaban J connectivity index is 1.54. The number of anilines is 1. The van der Waals surface area contributed by atoms with Gasteiger partial charge in [-0.1, -0.05) is 36.0 Å². The van der Waals surface area contributed by atoms with Crippen LogP contribution in [0.3, 0.4) is 0 Å². The normalized spacial score (nSPS) is 15.9. The minimum Gasteiger partial charge on any atom is -0.336 e. The van der Waals surface area contributed by atoms with Gasteiger partial charge in [0.2, 0.25) is 5.01 Å². The van der Waals surface area contributed by atoms with Gasteiger partial charge in [-0.15, -0.1) is 10.2 Å². The van der Waals surface area contributed by atoms with Crippen molar-refractivity contribution in [2.24, 2.45) is 0 Å². The third-order valence-corrected chi connectivity index (χ3v) is 6.14. The molecule has 1 aliphatic heterocycles. The lowest BCUT2D eigenvalue weighted by atomic mass is 9.98. The number of carbonyl (C=O) groups excluding carboxylic acids is 2. The molecule has 7 nitrogen and oxygen atoms in total. The molecule has 1 fully saturated rings. The number of amides is 3. The van der Waals surface area contributed by atoms with E-state index in [1.165, 1.54) is 11.3 Å². The van der Waals surface area contributed by atoms with Crippen LogP contribution >= 0.6 is 11.3 Å². The molecule has 1 saturated heterocycles. The van der Waals surface area contributed by atoms with E-state index in [9.17, 15) is 9.59 Å². The number of aromatic nitrogens is 2. The highest BCUT2D eigenvalue weighted by atomic mass is 32.1. The summed E-state index contributed by atoms with van der Waals surface area (Å²) in [5.74, 6) is 0.00374. The van der Waals surface area contributed by atoms with Gasteiger partial charge in [0.1, 0.15) is 5.01 Å². The quantitative estimate of drug-likeness (QED) is 0.798. The summed E-state index contributed by atoms with van der Waals surface area (Å²) in [5.41, 5.74) is 1.88. The van der Waals surface area contributed by atoms with Gasteiger partial charge < -0.3 is 15.5 Å². The van der Waals surface area contributed by atoms with Crippen molar-refractivity contribution in [1.82, 2.24) is 20.4 Å². The fourth-order valence-corrected chi connectivity index (χ4v) is 3.95. The van der Waals surface area contributed by atoms with Gasteiger partial charge in [0, 0.05) is 30.7 Å². The van der Waals surface area contributed by atoms with Crippen molar-refractivity contribution >= 4 is 29.0 Å². The number of rotatable bonds is 5. The molecular weight excluding hydrogens is 374 g/mol. The summed E-state index contributed by atoms with van der Waals surface area (Å²) in [4.78, 5) is 26.5. The lowest BCUT2D eigenvalue weighted by Crippen LogP contribution is -2.46. The van der Waals surface area contributed by atoms with Crippen LogP contribution in [0, 0.1) is 6.92 Å². The smallest absolute Gasteiger partial charge is 0.317 e. The predicted molar refractivity (Wildman–Crippen MR) is 111 cm³/mol. The fourth-order valence-electron chi connectivity index (χ4n) is 3.05. The van der Waals surface area contributed by atoms with Crippen molar-refractivity contribution in [3.05, 3.63) is 39.8 Å². The molecule has 0 radical (unpaired) electrons. The van der Waals surface area contributed by atoms with Gasteiger partial charge in [0.05, 0.1) is 0 Å². The van der Waals surface area contributed by atoms with Crippen LogP contribution < -0.4 is 10.6 Å². The highest BCUT2D eigenvalue weighted by Gasteiger charge is 2.27. The molecule has 2 aromatic rings. The second-order valence-corrected chi connectivity index (χ2v) is 8.29. The summed E-state index contributed by atoms with van der Waals surface area (Å²) >= 11 is 1.34. The number of piperidine rings is 1. The van der Waals surface area contributed by atoms with Crippen LogP contribution in [0.2, 0.25) is 0 Å². The van der Waals surface area contributed by atoms with E-state index in [0.29, 0.717) is 18.1 Å². The molecule has 0 aliphatic carbocycles. The van der Waals surface area contributed by atoms with Crippen LogP contribution in [-0.4, -0.2) is 46.2 Å². The molecule has 150 valence electrons. The fraction of sp³-hybridized carbons (Fsp3) is 0.500. The zero-order chi connectivity index (χ0) is 20.1. The van der Waals surface area contributed by atoms with Crippen LogP contribution in [0.1, 0.15) is 59.4 Å². The minimum atomic E-state index is -0.238. The Labute approximate surface area is 169 Å². The Bertz CT molecular complexity index is 812. The molecule has 1 aromatic heterocycles. The average Bonchev–Trinajstić information content (AvgIpc) is 3.20. The molecule has 0 saturated carbocycles. The summed E-state index contributed by atoms with van der Waals surface area (Å²) in [5, 5.41) is 15.4. The van der Waals surface area contributed by atoms with E-state index in [-0.39, 0.29) is 23.9 Å². The molecule has 1 aromatic carbocycles. The molecule has 3 rings (SSSR count). The first-order chi connectivity index (χ1) is 13.5. The van der Waals surface area contributed by atoms with Crippen molar-refractivity contribution < 1.29 is 9.59 Å². The Kier molecular flexibility index (Phi) is 6.61. The Morgan fingerprint density at radius 2 is 1.89 bits per heavy atom. The van der Waals surface area contributed by atoms with Crippen molar-refractivity contribution in [2.75, 3.05) is 18.4 Å². The van der Waals surface area contributed by atoms with Crippen LogP contribution in [0.15, 0.2) is 24.3 Å². The van der Waals surface area contributed by atoms with Crippen LogP contribution in [0.25, 0.3) is 0 Å². The molecular formula is C20H27N5O2S. The number of hydrogen-bond acceptors (Lipinski definition) is 5. The highest BCUT2D eigenvalue weighted by molar-refractivity contribution is 7.13. The third kappa shape index (κ3) is 5.07. The topological polar surface area (TPSA) is 87.2 Å². The Morgan fingerprint density at radius 3 is 2.54 bits per heavy atom. The van der Waals surface area contributed by atoms with Crippen molar-refractivity contribution in [3.63, 3.8) is 0 Å². The maximum absolute atomic E-state index is 12.4. The van der Waals surface area contributed by atoms with E-state index >= 15 is 0 Å². The number of aryl methyl sites for hydroxylation is 1. The van der Waals surface area contributed by atoms with Gasteiger partial charge >= 0.3 is 6.03 Å². The van der Waals surface area contributed by atoms with Gasteiger partial charge in [-0.05, 0) is 45.2 Å². The zero-order valence-corrected chi connectivity index (χ0v) is 17.4. The lowest BCUT2D eigenvalue weighted by Gasteiger charge is -2.31. The molecule has 1 aliphatic rings.